The summed E-state index contributed by atoms with van der Waals surface area (Å²) in [6, 6.07) is 8.36. The normalized spacial score (nSPS) is 13.6. The maximum atomic E-state index is 11.2. The molecular weight excluding hydrogens is 390 g/mol. The molecule has 0 aliphatic rings. The first-order valence-electron chi connectivity index (χ1n) is 8.27. The van der Waals surface area contributed by atoms with E-state index in [1.807, 2.05) is 26.0 Å². The maximum Gasteiger partial charge on any atom is 0.191 e. The Hall–Kier alpha value is -1.08. The van der Waals surface area contributed by atoms with Crippen molar-refractivity contribution in [1.29, 1.82) is 0 Å². The lowest BCUT2D eigenvalue weighted by Crippen LogP contribution is -2.42. The molecule has 2 N–H and O–H groups in total. The number of benzene rings is 1. The van der Waals surface area contributed by atoms with Gasteiger partial charge in [0.05, 0.1) is 5.75 Å². The standard InChI is InChI=1S/C17H28BrN3O2S/c1-4-19-17(21-14(2)10-12-24(3,22)23)20-11-6-8-15-7-5-9-16(18)13-15/h5,7,9,13-14H,4,6,8,10-12H2,1-3H3,(H2,19,20,21). The molecule has 1 atom stereocenters. The minimum atomic E-state index is -2.93. The van der Waals surface area contributed by atoms with E-state index in [0.29, 0.717) is 6.42 Å². The Morgan fingerprint density at radius 3 is 2.75 bits per heavy atom. The molecule has 0 saturated heterocycles. The SMILES string of the molecule is CCNC(=NCCCc1cccc(Br)c1)NC(C)CCS(C)(=O)=O. The van der Waals surface area contributed by atoms with E-state index in [0.717, 1.165) is 36.4 Å². The zero-order valence-corrected chi connectivity index (χ0v) is 17.1. The molecule has 0 aliphatic carbocycles. The number of hydrogen-bond acceptors (Lipinski definition) is 3. The van der Waals surface area contributed by atoms with Crippen LogP contribution in [0.2, 0.25) is 0 Å². The lowest BCUT2D eigenvalue weighted by molar-refractivity contribution is 0.581. The molecule has 0 spiro atoms. The van der Waals surface area contributed by atoms with Crippen molar-refractivity contribution in [1.82, 2.24) is 10.6 Å². The summed E-state index contributed by atoms with van der Waals surface area (Å²) < 4.78 is 23.6. The Bertz CT molecular complexity index is 632. The van der Waals surface area contributed by atoms with E-state index in [1.165, 1.54) is 11.8 Å². The molecule has 5 nitrogen and oxygen atoms in total. The topological polar surface area (TPSA) is 70.6 Å². The van der Waals surface area contributed by atoms with Gasteiger partial charge in [-0.3, -0.25) is 4.99 Å². The Labute approximate surface area is 154 Å². The van der Waals surface area contributed by atoms with E-state index in [4.69, 9.17) is 0 Å². The van der Waals surface area contributed by atoms with Crippen molar-refractivity contribution in [3.63, 3.8) is 0 Å². The quantitative estimate of drug-likeness (QED) is 0.368. The van der Waals surface area contributed by atoms with Crippen molar-refractivity contribution >= 4 is 31.7 Å². The molecular formula is C17H28BrN3O2S. The van der Waals surface area contributed by atoms with Gasteiger partial charge in [0, 0.05) is 29.9 Å². The molecule has 7 heteroatoms. The van der Waals surface area contributed by atoms with Crippen molar-refractivity contribution in [2.45, 2.75) is 39.2 Å². The number of rotatable bonds is 9. The van der Waals surface area contributed by atoms with Crippen LogP contribution in [0.5, 0.6) is 0 Å². The number of nitrogens with one attached hydrogen (secondary N) is 2. The molecule has 1 unspecified atom stereocenters. The van der Waals surface area contributed by atoms with Crippen LogP contribution in [0.25, 0.3) is 0 Å². The van der Waals surface area contributed by atoms with Crippen LogP contribution >= 0.6 is 15.9 Å². The van der Waals surface area contributed by atoms with Crippen molar-refractivity contribution in [3.8, 4) is 0 Å². The van der Waals surface area contributed by atoms with Crippen LogP contribution in [0.4, 0.5) is 0 Å². The summed E-state index contributed by atoms with van der Waals surface area (Å²) in [4.78, 5) is 4.57. The van der Waals surface area contributed by atoms with Gasteiger partial charge in [-0.25, -0.2) is 8.42 Å². The van der Waals surface area contributed by atoms with E-state index in [9.17, 15) is 8.42 Å². The fraction of sp³-hybridized carbons (Fsp3) is 0.588. The number of nitrogens with zero attached hydrogens (tertiary/aromatic N) is 1. The van der Waals surface area contributed by atoms with Crippen LogP contribution in [0.3, 0.4) is 0 Å². The summed E-state index contributed by atoms with van der Waals surface area (Å²) in [5.41, 5.74) is 1.29. The van der Waals surface area contributed by atoms with Gasteiger partial charge in [0.15, 0.2) is 5.96 Å². The van der Waals surface area contributed by atoms with Crippen molar-refractivity contribution in [2.75, 3.05) is 25.1 Å². The average Bonchev–Trinajstić information content (AvgIpc) is 2.49. The number of guanidine groups is 1. The van der Waals surface area contributed by atoms with Gasteiger partial charge < -0.3 is 10.6 Å². The highest BCUT2D eigenvalue weighted by atomic mass is 79.9. The van der Waals surface area contributed by atoms with Gasteiger partial charge in [-0.15, -0.1) is 0 Å². The van der Waals surface area contributed by atoms with Crippen molar-refractivity contribution in [2.24, 2.45) is 4.99 Å². The maximum absolute atomic E-state index is 11.2. The molecule has 0 bridgehead atoms. The number of halogens is 1. The fourth-order valence-electron chi connectivity index (χ4n) is 2.18. The minimum absolute atomic E-state index is 0.0580. The average molecular weight is 418 g/mol. The zero-order valence-electron chi connectivity index (χ0n) is 14.7. The molecule has 0 aromatic heterocycles. The highest BCUT2D eigenvalue weighted by molar-refractivity contribution is 9.10. The number of sulfone groups is 1. The van der Waals surface area contributed by atoms with Gasteiger partial charge in [0.25, 0.3) is 0 Å². The Kier molecular flexibility index (Phi) is 9.36. The summed E-state index contributed by atoms with van der Waals surface area (Å²) >= 11 is 3.48. The van der Waals surface area contributed by atoms with Gasteiger partial charge in [0.2, 0.25) is 0 Å². The lowest BCUT2D eigenvalue weighted by Gasteiger charge is -2.17. The molecule has 1 aromatic carbocycles. The Balaban J connectivity index is 2.44. The summed E-state index contributed by atoms with van der Waals surface area (Å²) in [5, 5.41) is 6.47. The van der Waals surface area contributed by atoms with Gasteiger partial charge in [-0.2, -0.15) is 0 Å². The molecule has 1 rings (SSSR count). The van der Waals surface area contributed by atoms with E-state index in [-0.39, 0.29) is 11.8 Å². The summed E-state index contributed by atoms with van der Waals surface area (Å²) in [5.74, 6) is 0.927. The van der Waals surface area contributed by atoms with E-state index in [1.54, 1.807) is 0 Å². The first-order chi connectivity index (χ1) is 11.3. The van der Waals surface area contributed by atoms with Gasteiger partial charge in [-0.05, 0) is 50.8 Å². The van der Waals surface area contributed by atoms with Crippen LogP contribution in [0, 0.1) is 0 Å². The number of hydrogen-bond donors (Lipinski definition) is 2. The number of aliphatic imine (C=N–C) groups is 1. The van der Waals surface area contributed by atoms with Crippen molar-refractivity contribution in [3.05, 3.63) is 34.3 Å². The molecule has 0 radical (unpaired) electrons. The third-order valence-electron chi connectivity index (χ3n) is 3.43. The third-order valence-corrected chi connectivity index (χ3v) is 4.90. The molecule has 0 amide bonds. The monoisotopic (exact) mass is 417 g/mol. The van der Waals surface area contributed by atoms with E-state index < -0.39 is 9.84 Å². The van der Waals surface area contributed by atoms with Gasteiger partial charge in [-0.1, -0.05) is 28.1 Å². The second-order valence-electron chi connectivity index (χ2n) is 5.96. The first-order valence-corrected chi connectivity index (χ1v) is 11.1. The number of aryl methyl sites for hydroxylation is 1. The fourth-order valence-corrected chi connectivity index (χ4v) is 3.41. The van der Waals surface area contributed by atoms with E-state index >= 15 is 0 Å². The van der Waals surface area contributed by atoms with Crippen LogP contribution in [-0.2, 0) is 16.3 Å². The summed E-state index contributed by atoms with van der Waals surface area (Å²) in [6.07, 6.45) is 3.78. The summed E-state index contributed by atoms with van der Waals surface area (Å²) in [7, 11) is -2.93. The molecule has 0 fully saturated rings. The predicted octanol–water partition coefficient (Wildman–Crippen LogP) is 2.76. The zero-order chi connectivity index (χ0) is 18.0. The Morgan fingerprint density at radius 2 is 2.12 bits per heavy atom. The summed E-state index contributed by atoms with van der Waals surface area (Å²) in [6.45, 7) is 5.48. The van der Waals surface area contributed by atoms with E-state index in [2.05, 4.69) is 43.7 Å². The second-order valence-corrected chi connectivity index (χ2v) is 9.13. The molecule has 1 aromatic rings. The van der Waals surface area contributed by atoms with Crippen LogP contribution < -0.4 is 10.6 Å². The van der Waals surface area contributed by atoms with Crippen molar-refractivity contribution < 1.29 is 8.42 Å². The lowest BCUT2D eigenvalue weighted by atomic mass is 10.1. The van der Waals surface area contributed by atoms with Crippen LogP contribution in [-0.4, -0.2) is 45.5 Å². The molecule has 0 saturated carbocycles. The van der Waals surface area contributed by atoms with Gasteiger partial charge >= 0.3 is 0 Å². The smallest absolute Gasteiger partial charge is 0.191 e. The molecule has 24 heavy (non-hydrogen) atoms. The second kappa shape index (κ2) is 10.7. The third kappa shape index (κ3) is 9.93. The van der Waals surface area contributed by atoms with Crippen LogP contribution in [0.1, 0.15) is 32.3 Å². The highest BCUT2D eigenvalue weighted by Crippen LogP contribution is 2.12. The highest BCUT2D eigenvalue weighted by Gasteiger charge is 2.09. The van der Waals surface area contributed by atoms with Crippen LogP contribution in [0.15, 0.2) is 33.7 Å². The Morgan fingerprint density at radius 1 is 1.38 bits per heavy atom. The van der Waals surface area contributed by atoms with Gasteiger partial charge in [0.1, 0.15) is 9.84 Å². The molecule has 0 heterocycles. The predicted molar refractivity (Wildman–Crippen MR) is 105 cm³/mol. The minimum Gasteiger partial charge on any atom is -0.357 e. The molecule has 136 valence electrons. The molecule has 0 aliphatic heterocycles. The first kappa shape index (κ1) is 21.0. The largest absolute Gasteiger partial charge is 0.357 e.